The zero-order valence-electron chi connectivity index (χ0n) is 20.6. The smallest absolute Gasteiger partial charge is 0.410 e. The molecule has 0 saturated carbocycles. The lowest BCUT2D eigenvalue weighted by atomic mass is 10.0. The lowest BCUT2D eigenvalue weighted by molar-refractivity contribution is -0.128. The molecular formula is C28H28N4O4. The number of benzene rings is 3. The van der Waals surface area contributed by atoms with Crippen LogP contribution < -0.4 is 20.3 Å². The molecule has 0 bridgehead atoms. The standard InChI is InChI=1S/C28H28N4O4/c1-17-14-18(2)16-21(15-17)36-28(35)29-19(3)26(33)31-25-27(34)32(4)23-13-9-8-12-22(23)24(30-25)20-10-6-5-7-11-20/h5-16,19,25H,1-4H3,(H,29,35)(H,31,33)/t19-,25+/m0/s1. The molecule has 0 fully saturated rings. The summed E-state index contributed by atoms with van der Waals surface area (Å²) >= 11 is 0. The normalized spacial score (nSPS) is 15.8. The van der Waals surface area contributed by atoms with Crippen molar-refractivity contribution in [2.24, 2.45) is 4.99 Å². The van der Waals surface area contributed by atoms with Crippen LogP contribution in [0.15, 0.2) is 77.8 Å². The van der Waals surface area contributed by atoms with E-state index in [4.69, 9.17) is 4.74 Å². The SMILES string of the molecule is Cc1cc(C)cc(OC(=O)N[C@@H](C)C(=O)N[C@H]2N=C(c3ccccc3)c3ccccc3N(C)C2=O)c1. The molecule has 3 amide bonds. The fraction of sp³-hybridized carbons (Fsp3) is 0.214. The fourth-order valence-electron chi connectivity index (χ4n) is 4.07. The van der Waals surface area contributed by atoms with Crippen LogP contribution in [0.1, 0.15) is 29.2 Å². The van der Waals surface area contributed by atoms with Crippen molar-refractivity contribution in [3.8, 4) is 5.75 Å². The first-order chi connectivity index (χ1) is 17.2. The fourth-order valence-corrected chi connectivity index (χ4v) is 4.07. The Labute approximate surface area is 210 Å². The molecule has 0 aromatic heterocycles. The molecule has 1 aliphatic rings. The first-order valence-electron chi connectivity index (χ1n) is 11.6. The van der Waals surface area contributed by atoms with Crippen molar-refractivity contribution in [2.75, 3.05) is 11.9 Å². The maximum Gasteiger partial charge on any atom is 0.413 e. The zero-order valence-corrected chi connectivity index (χ0v) is 20.6. The molecule has 2 N–H and O–H groups in total. The molecule has 0 unspecified atom stereocenters. The van der Waals surface area contributed by atoms with E-state index >= 15 is 0 Å². The van der Waals surface area contributed by atoms with E-state index in [-0.39, 0.29) is 0 Å². The summed E-state index contributed by atoms with van der Waals surface area (Å²) < 4.78 is 5.33. The monoisotopic (exact) mass is 484 g/mol. The van der Waals surface area contributed by atoms with Crippen LogP contribution in [0.3, 0.4) is 0 Å². The van der Waals surface area contributed by atoms with Gasteiger partial charge in [0.15, 0.2) is 0 Å². The van der Waals surface area contributed by atoms with Crippen molar-refractivity contribution < 1.29 is 19.1 Å². The summed E-state index contributed by atoms with van der Waals surface area (Å²) in [6.45, 7) is 5.31. The second kappa shape index (κ2) is 10.4. The van der Waals surface area contributed by atoms with E-state index in [0.717, 1.165) is 22.3 Å². The Kier molecular flexibility index (Phi) is 7.15. The number of carbonyl (C=O) groups excluding carboxylic acids is 3. The summed E-state index contributed by atoms with van der Waals surface area (Å²) in [5, 5.41) is 5.18. The molecule has 0 aliphatic carbocycles. The molecule has 2 atom stereocenters. The number of benzodiazepines with no additional fused rings is 1. The van der Waals surface area contributed by atoms with Gasteiger partial charge in [0.05, 0.1) is 11.4 Å². The molecule has 3 aromatic carbocycles. The highest BCUT2D eigenvalue weighted by atomic mass is 16.6. The summed E-state index contributed by atoms with van der Waals surface area (Å²) in [7, 11) is 1.65. The van der Waals surface area contributed by atoms with Crippen molar-refractivity contribution in [3.05, 3.63) is 95.1 Å². The number of para-hydroxylation sites is 1. The molecule has 0 saturated heterocycles. The topological polar surface area (TPSA) is 100 Å². The van der Waals surface area contributed by atoms with Crippen molar-refractivity contribution in [2.45, 2.75) is 33.0 Å². The Balaban J connectivity index is 1.53. The first kappa shape index (κ1) is 24.7. The zero-order chi connectivity index (χ0) is 25.8. The first-order valence-corrected chi connectivity index (χ1v) is 11.6. The van der Waals surface area contributed by atoms with E-state index in [0.29, 0.717) is 17.1 Å². The van der Waals surface area contributed by atoms with Gasteiger partial charge < -0.3 is 20.3 Å². The van der Waals surface area contributed by atoms with Crippen molar-refractivity contribution in [1.29, 1.82) is 0 Å². The number of carbonyl (C=O) groups is 3. The van der Waals surface area contributed by atoms with E-state index in [2.05, 4.69) is 15.6 Å². The third kappa shape index (κ3) is 5.43. The highest BCUT2D eigenvalue weighted by molar-refractivity contribution is 6.20. The van der Waals surface area contributed by atoms with E-state index < -0.39 is 30.1 Å². The molecule has 8 nitrogen and oxygen atoms in total. The van der Waals surface area contributed by atoms with Crippen LogP contribution in [-0.2, 0) is 9.59 Å². The van der Waals surface area contributed by atoms with Gasteiger partial charge in [0.2, 0.25) is 12.1 Å². The van der Waals surface area contributed by atoms with Crippen LogP contribution in [-0.4, -0.2) is 42.9 Å². The number of likely N-dealkylation sites (N-methyl/N-ethyl adjacent to an activating group) is 1. The maximum absolute atomic E-state index is 13.3. The average molecular weight is 485 g/mol. The van der Waals surface area contributed by atoms with E-state index in [1.807, 2.05) is 74.5 Å². The van der Waals surface area contributed by atoms with Gasteiger partial charge in [0, 0.05) is 18.2 Å². The van der Waals surface area contributed by atoms with Gasteiger partial charge in [-0.1, -0.05) is 54.6 Å². The second-order valence-electron chi connectivity index (χ2n) is 8.75. The molecular weight excluding hydrogens is 456 g/mol. The van der Waals surface area contributed by atoms with Crippen LogP contribution in [0.25, 0.3) is 0 Å². The number of nitrogens with one attached hydrogen (secondary N) is 2. The minimum atomic E-state index is -1.18. The maximum atomic E-state index is 13.3. The number of hydrogen-bond acceptors (Lipinski definition) is 5. The molecule has 184 valence electrons. The molecule has 1 heterocycles. The Morgan fingerprint density at radius 3 is 2.31 bits per heavy atom. The van der Waals surface area contributed by atoms with E-state index in [9.17, 15) is 14.4 Å². The number of aryl methyl sites for hydroxylation is 2. The van der Waals surface area contributed by atoms with E-state index in [1.165, 1.54) is 11.8 Å². The number of fused-ring (bicyclic) bond motifs is 1. The molecule has 8 heteroatoms. The van der Waals surface area contributed by atoms with Gasteiger partial charge in [-0.05, 0) is 50.1 Å². The second-order valence-corrected chi connectivity index (χ2v) is 8.75. The molecule has 0 radical (unpaired) electrons. The van der Waals surface area contributed by atoms with Gasteiger partial charge in [-0.3, -0.25) is 9.59 Å². The Hall–Kier alpha value is -4.46. The number of rotatable bonds is 5. The quantitative estimate of drug-likeness (QED) is 0.576. The van der Waals surface area contributed by atoms with Crippen LogP contribution in [0.5, 0.6) is 5.75 Å². The minimum absolute atomic E-state index is 0.382. The number of ether oxygens (including phenoxy) is 1. The average Bonchev–Trinajstić information content (AvgIpc) is 2.94. The number of aliphatic imine (C=N–C) groups is 1. The summed E-state index contributed by atoms with van der Waals surface area (Å²) in [6, 6.07) is 21.4. The summed E-state index contributed by atoms with van der Waals surface area (Å²) in [5.74, 6) is -0.582. The van der Waals surface area contributed by atoms with E-state index in [1.54, 1.807) is 19.2 Å². The third-order valence-electron chi connectivity index (χ3n) is 5.80. The van der Waals surface area contributed by atoms with Gasteiger partial charge in [-0.25, -0.2) is 9.79 Å². The number of amides is 3. The third-order valence-corrected chi connectivity index (χ3v) is 5.80. The van der Waals surface area contributed by atoms with Crippen LogP contribution in [0, 0.1) is 13.8 Å². The number of nitrogens with zero attached hydrogens (tertiary/aromatic N) is 2. The molecule has 3 aromatic rings. The van der Waals surface area contributed by atoms with Crippen LogP contribution in [0.4, 0.5) is 10.5 Å². The van der Waals surface area contributed by atoms with Crippen molar-refractivity contribution in [3.63, 3.8) is 0 Å². The lowest BCUT2D eigenvalue weighted by Crippen LogP contribution is -2.52. The number of hydrogen-bond donors (Lipinski definition) is 2. The molecule has 0 spiro atoms. The largest absolute Gasteiger partial charge is 0.413 e. The van der Waals surface area contributed by atoms with Crippen molar-refractivity contribution in [1.82, 2.24) is 10.6 Å². The minimum Gasteiger partial charge on any atom is -0.410 e. The molecule has 4 rings (SSSR count). The predicted octanol–water partition coefficient (Wildman–Crippen LogP) is 3.74. The van der Waals surface area contributed by atoms with Gasteiger partial charge in [-0.2, -0.15) is 0 Å². The summed E-state index contributed by atoms with van der Waals surface area (Å²) in [6.07, 6.45) is -1.95. The summed E-state index contributed by atoms with van der Waals surface area (Å²) in [5.41, 5.74) is 4.77. The van der Waals surface area contributed by atoms with Crippen LogP contribution in [0.2, 0.25) is 0 Å². The molecule has 1 aliphatic heterocycles. The Bertz CT molecular complexity index is 1320. The molecule has 36 heavy (non-hydrogen) atoms. The van der Waals surface area contributed by atoms with Crippen LogP contribution >= 0.6 is 0 Å². The summed E-state index contributed by atoms with van der Waals surface area (Å²) in [4.78, 5) is 44.7. The van der Waals surface area contributed by atoms with Gasteiger partial charge in [0.25, 0.3) is 5.91 Å². The highest BCUT2D eigenvalue weighted by Gasteiger charge is 2.32. The van der Waals surface area contributed by atoms with Gasteiger partial charge in [0.1, 0.15) is 11.8 Å². The Morgan fingerprint density at radius 1 is 0.972 bits per heavy atom. The van der Waals surface area contributed by atoms with Gasteiger partial charge >= 0.3 is 6.09 Å². The highest BCUT2D eigenvalue weighted by Crippen LogP contribution is 2.27. The number of anilines is 1. The Morgan fingerprint density at radius 2 is 1.61 bits per heavy atom. The van der Waals surface area contributed by atoms with Gasteiger partial charge in [-0.15, -0.1) is 0 Å². The predicted molar refractivity (Wildman–Crippen MR) is 138 cm³/mol. The lowest BCUT2D eigenvalue weighted by Gasteiger charge is -2.22. The van der Waals surface area contributed by atoms with Crippen molar-refractivity contribution >= 4 is 29.3 Å².